The Bertz CT molecular complexity index is 577. The molecule has 2 aromatic rings. The van der Waals surface area contributed by atoms with Crippen molar-refractivity contribution in [3.05, 3.63) is 34.5 Å². The first-order valence-electron chi connectivity index (χ1n) is 6.74. The molecule has 1 heterocycles. The molecule has 1 aromatic carbocycles. The zero-order valence-electron chi connectivity index (χ0n) is 11.0. The van der Waals surface area contributed by atoms with Gasteiger partial charge in [0.15, 0.2) is 0 Å². The lowest BCUT2D eigenvalue weighted by molar-refractivity contribution is -0.00836. The molecule has 1 N–H and O–H groups in total. The van der Waals surface area contributed by atoms with Crippen molar-refractivity contribution in [2.24, 2.45) is 0 Å². The van der Waals surface area contributed by atoms with Crippen LogP contribution >= 0.6 is 11.3 Å². The number of hydrogen-bond acceptors (Lipinski definition) is 3. The normalized spacial score (nSPS) is 15.9. The predicted molar refractivity (Wildman–Crippen MR) is 77.0 cm³/mol. The zero-order chi connectivity index (χ0) is 13.2. The van der Waals surface area contributed by atoms with Gasteiger partial charge in [0.25, 0.3) is 0 Å². The van der Waals surface area contributed by atoms with Gasteiger partial charge in [0, 0.05) is 27.1 Å². The average Bonchev–Trinajstić information content (AvgIpc) is 2.67. The molecule has 0 unspecified atom stereocenters. The Balaban J connectivity index is 1.94. The van der Waals surface area contributed by atoms with Crippen molar-refractivity contribution in [1.82, 2.24) is 5.32 Å². The Morgan fingerprint density at radius 2 is 2.26 bits per heavy atom. The molecule has 0 aliphatic heterocycles. The van der Waals surface area contributed by atoms with E-state index in [9.17, 15) is 4.39 Å². The van der Waals surface area contributed by atoms with E-state index >= 15 is 0 Å². The molecule has 1 aliphatic rings. The van der Waals surface area contributed by atoms with Crippen molar-refractivity contribution >= 4 is 21.4 Å². The molecule has 1 fully saturated rings. The van der Waals surface area contributed by atoms with E-state index in [0.29, 0.717) is 12.7 Å². The minimum absolute atomic E-state index is 0.136. The molecule has 102 valence electrons. The molecular formula is C15H18FNOS. The molecule has 0 atom stereocenters. The number of benzene rings is 1. The van der Waals surface area contributed by atoms with Gasteiger partial charge in [0.2, 0.25) is 0 Å². The van der Waals surface area contributed by atoms with E-state index < -0.39 is 0 Å². The zero-order valence-corrected chi connectivity index (χ0v) is 11.9. The van der Waals surface area contributed by atoms with Gasteiger partial charge in [-0.2, -0.15) is 0 Å². The highest BCUT2D eigenvalue weighted by Crippen LogP contribution is 2.35. The first-order chi connectivity index (χ1) is 9.29. The van der Waals surface area contributed by atoms with E-state index in [4.69, 9.17) is 4.74 Å². The Labute approximate surface area is 116 Å². The average molecular weight is 279 g/mol. The molecule has 2 nitrogen and oxygen atoms in total. The molecule has 0 amide bonds. The maximum Gasteiger partial charge on any atom is 0.132 e. The van der Waals surface area contributed by atoms with Crippen LogP contribution in [0.1, 0.15) is 29.7 Å². The number of fused-ring (bicyclic) bond motifs is 1. The van der Waals surface area contributed by atoms with E-state index in [1.807, 2.05) is 13.1 Å². The molecule has 3 rings (SSSR count). The highest BCUT2D eigenvalue weighted by atomic mass is 32.1. The third kappa shape index (κ3) is 2.53. The van der Waals surface area contributed by atoms with Crippen molar-refractivity contribution in [3.8, 4) is 0 Å². The third-order valence-electron chi connectivity index (χ3n) is 3.70. The van der Waals surface area contributed by atoms with Crippen LogP contribution < -0.4 is 5.32 Å². The van der Waals surface area contributed by atoms with Gasteiger partial charge in [-0.05, 0) is 38.4 Å². The SMILES string of the molecule is CNCc1sc2cccc(F)c2c1COC1CCC1. The molecule has 0 radical (unpaired) electrons. The Hall–Kier alpha value is -0.970. The first-order valence-corrected chi connectivity index (χ1v) is 7.56. The minimum atomic E-state index is -0.136. The Morgan fingerprint density at radius 3 is 2.95 bits per heavy atom. The lowest BCUT2D eigenvalue weighted by Crippen LogP contribution is -2.21. The van der Waals surface area contributed by atoms with Crippen LogP contribution in [0.25, 0.3) is 10.1 Å². The smallest absolute Gasteiger partial charge is 0.132 e. The van der Waals surface area contributed by atoms with E-state index in [-0.39, 0.29) is 5.82 Å². The lowest BCUT2D eigenvalue weighted by atomic mass is 9.96. The van der Waals surface area contributed by atoms with Gasteiger partial charge >= 0.3 is 0 Å². The van der Waals surface area contributed by atoms with E-state index in [1.165, 1.54) is 17.4 Å². The third-order valence-corrected chi connectivity index (χ3v) is 4.90. The standard InChI is InChI=1S/C15H18FNOS/c1-17-8-14-11(9-18-10-4-2-5-10)15-12(16)6-3-7-13(15)19-14/h3,6-7,10,17H,2,4-5,8-9H2,1H3. The summed E-state index contributed by atoms with van der Waals surface area (Å²) in [6, 6.07) is 5.29. The van der Waals surface area contributed by atoms with Crippen LogP contribution in [0, 0.1) is 5.82 Å². The number of nitrogens with one attached hydrogen (secondary N) is 1. The van der Waals surface area contributed by atoms with Crippen LogP contribution in [0.2, 0.25) is 0 Å². The van der Waals surface area contributed by atoms with Crippen LogP contribution in [0.15, 0.2) is 18.2 Å². The summed E-state index contributed by atoms with van der Waals surface area (Å²) < 4.78 is 20.9. The van der Waals surface area contributed by atoms with Gasteiger partial charge in [-0.1, -0.05) is 6.07 Å². The van der Waals surface area contributed by atoms with Crippen LogP contribution in [0.3, 0.4) is 0 Å². The van der Waals surface area contributed by atoms with Crippen molar-refractivity contribution in [1.29, 1.82) is 0 Å². The molecular weight excluding hydrogens is 261 g/mol. The van der Waals surface area contributed by atoms with E-state index in [0.717, 1.165) is 35.0 Å². The van der Waals surface area contributed by atoms with Crippen molar-refractivity contribution in [3.63, 3.8) is 0 Å². The van der Waals surface area contributed by atoms with E-state index in [2.05, 4.69) is 5.32 Å². The molecule has 19 heavy (non-hydrogen) atoms. The molecule has 0 bridgehead atoms. The number of thiophene rings is 1. The fourth-order valence-electron chi connectivity index (χ4n) is 2.41. The molecule has 1 saturated carbocycles. The summed E-state index contributed by atoms with van der Waals surface area (Å²) in [5.74, 6) is -0.136. The monoisotopic (exact) mass is 279 g/mol. The Kier molecular flexibility index (Phi) is 3.82. The summed E-state index contributed by atoms with van der Waals surface area (Å²) in [6.45, 7) is 1.30. The van der Waals surface area contributed by atoms with Crippen molar-refractivity contribution < 1.29 is 9.13 Å². The fourth-order valence-corrected chi connectivity index (χ4v) is 3.65. The second kappa shape index (κ2) is 5.57. The Morgan fingerprint density at radius 1 is 1.42 bits per heavy atom. The van der Waals surface area contributed by atoms with Gasteiger partial charge in [-0.15, -0.1) is 11.3 Å². The minimum Gasteiger partial charge on any atom is -0.373 e. The summed E-state index contributed by atoms with van der Waals surface area (Å²) >= 11 is 1.66. The lowest BCUT2D eigenvalue weighted by Gasteiger charge is -2.25. The van der Waals surface area contributed by atoms with Crippen molar-refractivity contribution in [2.45, 2.75) is 38.5 Å². The van der Waals surface area contributed by atoms with Gasteiger partial charge in [0.05, 0.1) is 12.7 Å². The maximum absolute atomic E-state index is 14.1. The summed E-state index contributed by atoms with van der Waals surface area (Å²) in [7, 11) is 1.91. The number of hydrogen-bond donors (Lipinski definition) is 1. The van der Waals surface area contributed by atoms with Gasteiger partial charge in [-0.3, -0.25) is 0 Å². The van der Waals surface area contributed by atoms with Crippen LogP contribution in [0.5, 0.6) is 0 Å². The second-order valence-electron chi connectivity index (χ2n) is 5.01. The topological polar surface area (TPSA) is 21.3 Å². The van der Waals surface area contributed by atoms with Crippen LogP contribution in [-0.4, -0.2) is 13.2 Å². The highest BCUT2D eigenvalue weighted by molar-refractivity contribution is 7.19. The van der Waals surface area contributed by atoms with Crippen molar-refractivity contribution in [2.75, 3.05) is 7.05 Å². The van der Waals surface area contributed by atoms with Gasteiger partial charge in [-0.25, -0.2) is 4.39 Å². The molecule has 0 saturated heterocycles. The predicted octanol–water partition coefficient (Wildman–Crippen LogP) is 3.83. The molecule has 0 spiro atoms. The maximum atomic E-state index is 14.1. The van der Waals surface area contributed by atoms with Gasteiger partial charge < -0.3 is 10.1 Å². The largest absolute Gasteiger partial charge is 0.373 e. The summed E-state index contributed by atoms with van der Waals surface area (Å²) in [4.78, 5) is 1.18. The summed E-state index contributed by atoms with van der Waals surface area (Å²) in [5.41, 5.74) is 1.03. The molecule has 1 aromatic heterocycles. The first kappa shape index (κ1) is 13.0. The molecule has 4 heteroatoms. The molecule has 1 aliphatic carbocycles. The summed E-state index contributed by atoms with van der Waals surface area (Å²) in [5, 5.41) is 3.90. The fraction of sp³-hybridized carbons (Fsp3) is 0.467. The number of halogens is 1. The van der Waals surface area contributed by atoms with Crippen LogP contribution in [0.4, 0.5) is 4.39 Å². The summed E-state index contributed by atoms with van der Waals surface area (Å²) in [6.07, 6.45) is 3.93. The van der Waals surface area contributed by atoms with Gasteiger partial charge in [0.1, 0.15) is 5.82 Å². The van der Waals surface area contributed by atoms with E-state index in [1.54, 1.807) is 17.4 Å². The number of ether oxygens (including phenoxy) is 1. The van der Waals surface area contributed by atoms with Crippen LogP contribution in [-0.2, 0) is 17.9 Å². The number of rotatable bonds is 5. The highest BCUT2D eigenvalue weighted by Gasteiger charge is 2.21. The second-order valence-corrected chi connectivity index (χ2v) is 6.15. The quantitative estimate of drug-likeness (QED) is 0.898.